The van der Waals surface area contributed by atoms with Crippen molar-refractivity contribution < 1.29 is 9.53 Å². The van der Waals surface area contributed by atoms with Gasteiger partial charge in [0.05, 0.1) is 24.2 Å². The van der Waals surface area contributed by atoms with Gasteiger partial charge in [0.2, 0.25) is 5.91 Å². The number of nitrogens with two attached hydrogens (primary N) is 1. The van der Waals surface area contributed by atoms with Gasteiger partial charge in [0, 0.05) is 6.04 Å². The lowest BCUT2D eigenvalue weighted by atomic mass is 9.94. The average Bonchev–Trinajstić information content (AvgIpc) is 2.92. The highest BCUT2D eigenvalue weighted by atomic mass is 16.5. The van der Waals surface area contributed by atoms with E-state index in [9.17, 15) is 4.79 Å². The Hall–Kier alpha value is -0.870. The Labute approximate surface area is 95.2 Å². The lowest BCUT2D eigenvalue weighted by molar-refractivity contribution is -0.124. The predicted molar refractivity (Wildman–Crippen MR) is 59.7 cm³/mol. The van der Waals surface area contributed by atoms with Crippen LogP contribution < -0.4 is 11.1 Å². The highest BCUT2D eigenvalue weighted by Gasteiger charge is 2.42. The molecule has 2 fully saturated rings. The van der Waals surface area contributed by atoms with Crippen LogP contribution in [0.3, 0.4) is 0 Å². The summed E-state index contributed by atoms with van der Waals surface area (Å²) in [6.07, 6.45) is 8.47. The van der Waals surface area contributed by atoms with Crippen LogP contribution in [0, 0.1) is 5.92 Å². The Kier molecular flexibility index (Phi) is 2.48. The smallest absolute Gasteiger partial charge is 0.227 e. The van der Waals surface area contributed by atoms with E-state index in [1.54, 1.807) is 0 Å². The van der Waals surface area contributed by atoms with Crippen LogP contribution in [0.2, 0.25) is 0 Å². The molecule has 3 aliphatic rings. The number of carbonyl (C=O) groups is 1. The van der Waals surface area contributed by atoms with Crippen molar-refractivity contribution in [3.8, 4) is 0 Å². The third-order valence-corrected chi connectivity index (χ3v) is 3.89. The number of nitrogens with one attached hydrogen (secondary N) is 1. The van der Waals surface area contributed by atoms with Crippen LogP contribution in [-0.4, -0.2) is 30.2 Å². The summed E-state index contributed by atoms with van der Waals surface area (Å²) in [6, 6.07) is 0.281. The highest BCUT2D eigenvalue weighted by Crippen LogP contribution is 2.34. The normalized spacial score (nSPS) is 45.2. The fourth-order valence-electron chi connectivity index (χ4n) is 3.00. The number of ether oxygens (including phenoxy) is 1. The molecule has 0 radical (unpaired) electrons. The fraction of sp³-hybridized carbons (Fsp3) is 0.750. The summed E-state index contributed by atoms with van der Waals surface area (Å²) in [6.45, 7) is 0. The first-order valence-corrected chi connectivity index (χ1v) is 6.12. The van der Waals surface area contributed by atoms with E-state index in [-0.39, 0.29) is 30.0 Å². The number of carbonyl (C=O) groups excluding carboxylic acids is 1. The molecule has 16 heavy (non-hydrogen) atoms. The molecule has 2 heterocycles. The SMILES string of the molecule is NC1C=CC(C(=O)NC2CC3CCC2O3)C1. The van der Waals surface area contributed by atoms with Crippen molar-refractivity contribution >= 4 is 5.91 Å². The Balaban J connectivity index is 1.55. The summed E-state index contributed by atoms with van der Waals surface area (Å²) in [4.78, 5) is 11.9. The van der Waals surface area contributed by atoms with Crippen LogP contribution in [0.4, 0.5) is 0 Å². The molecule has 3 rings (SSSR count). The summed E-state index contributed by atoms with van der Waals surface area (Å²) < 4.78 is 5.71. The molecule has 1 aliphatic carbocycles. The van der Waals surface area contributed by atoms with Gasteiger partial charge in [0.1, 0.15) is 0 Å². The number of rotatable bonds is 2. The number of amides is 1. The van der Waals surface area contributed by atoms with Gasteiger partial charge >= 0.3 is 0 Å². The van der Waals surface area contributed by atoms with Crippen molar-refractivity contribution in [1.82, 2.24) is 5.32 Å². The first-order valence-electron chi connectivity index (χ1n) is 6.12. The molecule has 0 aromatic heterocycles. The van der Waals surface area contributed by atoms with Crippen molar-refractivity contribution in [1.29, 1.82) is 0 Å². The molecule has 0 aromatic rings. The number of hydrogen-bond donors (Lipinski definition) is 2. The van der Waals surface area contributed by atoms with Crippen molar-refractivity contribution in [3.63, 3.8) is 0 Å². The van der Waals surface area contributed by atoms with E-state index in [1.165, 1.54) is 0 Å². The summed E-state index contributed by atoms with van der Waals surface area (Å²) in [5.41, 5.74) is 5.74. The van der Waals surface area contributed by atoms with Gasteiger partial charge in [0.15, 0.2) is 0 Å². The van der Waals surface area contributed by atoms with Gasteiger partial charge in [-0.3, -0.25) is 4.79 Å². The van der Waals surface area contributed by atoms with Crippen molar-refractivity contribution in [2.75, 3.05) is 0 Å². The molecule has 2 saturated heterocycles. The standard InChI is InChI=1S/C12H18N2O2/c13-8-2-1-7(5-8)12(15)14-10-6-9-3-4-11(10)16-9/h1-2,7-11H,3-6,13H2,(H,14,15). The molecule has 0 saturated carbocycles. The van der Waals surface area contributed by atoms with Crippen LogP contribution in [-0.2, 0) is 9.53 Å². The Morgan fingerprint density at radius 1 is 1.31 bits per heavy atom. The second kappa shape index (κ2) is 3.86. The lowest BCUT2D eigenvalue weighted by Gasteiger charge is -2.21. The Morgan fingerprint density at radius 3 is 2.75 bits per heavy atom. The zero-order valence-electron chi connectivity index (χ0n) is 9.26. The van der Waals surface area contributed by atoms with Crippen LogP contribution in [0.25, 0.3) is 0 Å². The van der Waals surface area contributed by atoms with E-state index in [0.29, 0.717) is 6.10 Å². The zero-order chi connectivity index (χ0) is 11.1. The van der Waals surface area contributed by atoms with E-state index in [4.69, 9.17) is 10.5 Å². The van der Waals surface area contributed by atoms with E-state index in [0.717, 1.165) is 25.7 Å². The molecule has 88 valence electrons. The molecule has 5 unspecified atom stereocenters. The van der Waals surface area contributed by atoms with Crippen LogP contribution >= 0.6 is 0 Å². The van der Waals surface area contributed by atoms with E-state index < -0.39 is 0 Å². The third kappa shape index (κ3) is 1.76. The van der Waals surface area contributed by atoms with Gasteiger partial charge in [-0.2, -0.15) is 0 Å². The molecule has 2 aliphatic heterocycles. The average molecular weight is 222 g/mol. The van der Waals surface area contributed by atoms with E-state index in [2.05, 4.69) is 5.32 Å². The van der Waals surface area contributed by atoms with Crippen LogP contribution in [0.15, 0.2) is 12.2 Å². The van der Waals surface area contributed by atoms with Gasteiger partial charge in [0.25, 0.3) is 0 Å². The quantitative estimate of drug-likeness (QED) is 0.662. The first kappa shape index (κ1) is 10.3. The van der Waals surface area contributed by atoms with E-state index >= 15 is 0 Å². The minimum atomic E-state index is -0.0332. The first-order chi connectivity index (χ1) is 7.72. The van der Waals surface area contributed by atoms with Crippen molar-refractivity contribution in [3.05, 3.63) is 12.2 Å². The number of fused-ring (bicyclic) bond motifs is 2. The maximum atomic E-state index is 11.9. The molecule has 5 atom stereocenters. The summed E-state index contributed by atoms with van der Waals surface area (Å²) in [5, 5.41) is 3.10. The molecule has 0 aromatic carbocycles. The maximum absolute atomic E-state index is 11.9. The molecule has 4 heteroatoms. The lowest BCUT2D eigenvalue weighted by Crippen LogP contribution is -2.43. The monoisotopic (exact) mass is 222 g/mol. The summed E-state index contributed by atoms with van der Waals surface area (Å²) >= 11 is 0. The molecular formula is C12H18N2O2. The zero-order valence-corrected chi connectivity index (χ0v) is 9.26. The van der Waals surface area contributed by atoms with Crippen molar-refractivity contribution in [2.24, 2.45) is 11.7 Å². The van der Waals surface area contributed by atoms with Crippen LogP contribution in [0.1, 0.15) is 25.7 Å². The van der Waals surface area contributed by atoms with Gasteiger partial charge in [-0.05, 0) is 25.7 Å². The molecule has 3 N–H and O–H groups in total. The molecule has 4 nitrogen and oxygen atoms in total. The van der Waals surface area contributed by atoms with Gasteiger partial charge < -0.3 is 15.8 Å². The Bertz CT molecular complexity index is 329. The molecular weight excluding hydrogens is 204 g/mol. The van der Waals surface area contributed by atoms with Gasteiger partial charge in [-0.25, -0.2) is 0 Å². The van der Waals surface area contributed by atoms with Crippen LogP contribution in [0.5, 0.6) is 0 Å². The fourth-order valence-corrected chi connectivity index (χ4v) is 3.00. The van der Waals surface area contributed by atoms with Gasteiger partial charge in [-0.1, -0.05) is 12.2 Å². The van der Waals surface area contributed by atoms with Crippen molar-refractivity contribution in [2.45, 2.75) is 50.0 Å². The minimum absolute atomic E-state index is 0.0332. The second-order valence-electron chi connectivity index (χ2n) is 5.12. The second-order valence-corrected chi connectivity index (χ2v) is 5.12. The summed E-state index contributed by atoms with van der Waals surface area (Å²) in [5.74, 6) is 0.0828. The highest BCUT2D eigenvalue weighted by molar-refractivity contribution is 5.81. The van der Waals surface area contributed by atoms with E-state index in [1.807, 2.05) is 12.2 Å². The summed E-state index contributed by atoms with van der Waals surface area (Å²) in [7, 11) is 0. The van der Waals surface area contributed by atoms with Gasteiger partial charge in [-0.15, -0.1) is 0 Å². The minimum Gasteiger partial charge on any atom is -0.373 e. The predicted octanol–water partition coefficient (Wildman–Crippen LogP) is 0.326. The number of hydrogen-bond acceptors (Lipinski definition) is 3. The maximum Gasteiger partial charge on any atom is 0.227 e. The topological polar surface area (TPSA) is 64.4 Å². The molecule has 1 amide bonds. The largest absolute Gasteiger partial charge is 0.373 e. The molecule has 0 spiro atoms. The third-order valence-electron chi connectivity index (χ3n) is 3.89. The molecule has 2 bridgehead atoms. The Morgan fingerprint density at radius 2 is 2.19 bits per heavy atom.